The number of carbonyl (C=O) groups is 1. The van der Waals surface area contributed by atoms with Crippen molar-refractivity contribution in [2.75, 3.05) is 12.3 Å². The first kappa shape index (κ1) is 12.1. The van der Waals surface area contributed by atoms with E-state index in [1.807, 2.05) is 30.3 Å². The average Bonchev–Trinajstić information content (AvgIpc) is 2.39. The molecule has 0 saturated heterocycles. The maximum Gasteiger partial charge on any atom is 0.342 e. The van der Waals surface area contributed by atoms with Gasteiger partial charge < -0.3 is 10.5 Å². The van der Waals surface area contributed by atoms with Gasteiger partial charge in [-0.15, -0.1) is 0 Å². The molecule has 0 aliphatic carbocycles. The Morgan fingerprint density at radius 3 is 2.67 bits per heavy atom. The Labute approximate surface area is 105 Å². The molecule has 2 aromatic rings. The van der Waals surface area contributed by atoms with Crippen molar-refractivity contribution in [3.05, 3.63) is 48.2 Å². The second-order valence-corrected chi connectivity index (χ2v) is 3.71. The quantitative estimate of drug-likeness (QED) is 0.840. The number of ether oxygens (including phenoxy) is 1. The minimum Gasteiger partial charge on any atom is -0.462 e. The summed E-state index contributed by atoms with van der Waals surface area (Å²) < 4.78 is 5.01. The first-order chi connectivity index (χ1) is 8.74. The lowest BCUT2D eigenvalue weighted by molar-refractivity contribution is 0.0528. The van der Waals surface area contributed by atoms with E-state index in [1.54, 1.807) is 19.2 Å². The molecule has 0 unspecified atom stereocenters. The molecule has 0 amide bonds. The molecule has 4 heteroatoms. The Kier molecular flexibility index (Phi) is 3.57. The lowest BCUT2D eigenvalue weighted by Crippen LogP contribution is -2.11. The minimum atomic E-state index is -0.443. The van der Waals surface area contributed by atoms with Crippen LogP contribution in [0.25, 0.3) is 11.1 Å². The minimum absolute atomic E-state index is 0.190. The van der Waals surface area contributed by atoms with Crippen LogP contribution in [-0.2, 0) is 4.74 Å². The Hall–Kier alpha value is -2.36. The standard InChI is InChI=1S/C14H14N2O2/c1-2-18-14(17)12-11(8-9-16-13(12)15)10-6-4-3-5-7-10/h3-9H,2H2,1H3,(H2,15,16). The first-order valence-electron chi connectivity index (χ1n) is 5.71. The van der Waals surface area contributed by atoms with Crippen LogP contribution in [0.4, 0.5) is 5.82 Å². The predicted molar refractivity (Wildman–Crippen MR) is 70.0 cm³/mol. The molecule has 1 heterocycles. The first-order valence-corrected chi connectivity index (χ1v) is 5.71. The summed E-state index contributed by atoms with van der Waals surface area (Å²) in [5.41, 5.74) is 7.75. The third-order valence-corrected chi connectivity index (χ3v) is 2.54. The fourth-order valence-corrected chi connectivity index (χ4v) is 1.75. The van der Waals surface area contributed by atoms with Crippen molar-refractivity contribution in [3.8, 4) is 11.1 Å². The molecule has 0 spiro atoms. The number of esters is 1. The highest BCUT2D eigenvalue weighted by Gasteiger charge is 2.17. The van der Waals surface area contributed by atoms with Crippen molar-refractivity contribution in [2.45, 2.75) is 6.92 Å². The predicted octanol–water partition coefficient (Wildman–Crippen LogP) is 2.51. The molecule has 0 radical (unpaired) electrons. The average molecular weight is 242 g/mol. The van der Waals surface area contributed by atoms with Gasteiger partial charge in [0.05, 0.1) is 6.61 Å². The molecule has 2 N–H and O–H groups in total. The van der Waals surface area contributed by atoms with E-state index in [-0.39, 0.29) is 5.82 Å². The molecule has 0 aliphatic heterocycles. The summed E-state index contributed by atoms with van der Waals surface area (Å²) >= 11 is 0. The van der Waals surface area contributed by atoms with Crippen molar-refractivity contribution in [1.29, 1.82) is 0 Å². The van der Waals surface area contributed by atoms with E-state index in [9.17, 15) is 4.79 Å². The molecular formula is C14H14N2O2. The van der Waals surface area contributed by atoms with Gasteiger partial charge in [0.25, 0.3) is 0 Å². The normalized spacial score (nSPS) is 10.1. The third-order valence-electron chi connectivity index (χ3n) is 2.54. The van der Waals surface area contributed by atoms with Gasteiger partial charge in [-0.25, -0.2) is 9.78 Å². The molecule has 0 bridgehead atoms. The molecule has 1 aromatic carbocycles. The van der Waals surface area contributed by atoms with Crippen LogP contribution in [0.1, 0.15) is 17.3 Å². The zero-order chi connectivity index (χ0) is 13.0. The fraction of sp³-hybridized carbons (Fsp3) is 0.143. The SMILES string of the molecule is CCOC(=O)c1c(-c2ccccc2)ccnc1N. The molecule has 92 valence electrons. The summed E-state index contributed by atoms with van der Waals surface area (Å²) in [6.07, 6.45) is 1.58. The van der Waals surface area contributed by atoms with E-state index >= 15 is 0 Å². The van der Waals surface area contributed by atoms with Crippen LogP contribution in [0.5, 0.6) is 0 Å². The van der Waals surface area contributed by atoms with Crippen molar-refractivity contribution in [1.82, 2.24) is 4.98 Å². The number of aromatic nitrogens is 1. The van der Waals surface area contributed by atoms with Crippen molar-refractivity contribution in [2.24, 2.45) is 0 Å². The van der Waals surface area contributed by atoms with E-state index < -0.39 is 5.97 Å². The molecule has 0 aliphatic rings. The van der Waals surface area contributed by atoms with Crippen LogP contribution >= 0.6 is 0 Å². The van der Waals surface area contributed by atoms with E-state index in [0.717, 1.165) is 11.1 Å². The number of hydrogen-bond donors (Lipinski definition) is 1. The Balaban J connectivity index is 2.55. The maximum atomic E-state index is 11.9. The Bertz CT molecular complexity index is 553. The number of nitrogens with two attached hydrogens (primary N) is 1. The summed E-state index contributed by atoms with van der Waals surface area (Å²) in [5.74, 6) is -0.253. The van der Waals surface area contributed by atoms with Crippen molar-refractivity contribution < 1.29 is 9.53 Å². The lowest BCUT2D eigenvalue weighted by Gasteiger charge is -2.10. The number of anilines is 1. The number of benzene rings is 1. The summed E-state index contributed by atoms with van der Waals surface area (Å²) in [4.78, 5) is 15.9. The number of pyridine rings is 1. The van der Waals surface area contributed by atoms with E-state index in [1.165, 1.54) is 0 Å². The number of nitrogen functional groups attached to an aromatic ring is 1. The third kappa shape index (κ3) is 2.32. The monoisotopic (exact) mass is 242 g/mol. The van der Waals surface area contributed by atoms with Crippen molar-refractivity contribution in [3.63, 3.8) is 0 Å². The number of hydrogen-bond acceptors (Lipinski definition) is 4. The second-order valence-electron chi connectivity index (χ2n) is 3.71. The zero-order valence-corrected chi connectivity index (χ0v) is 10.1. The van der Waals surface area contributed by atoms with Gasteiger partial charge in [-0.05, 0) is 18.6 Å². The van der Waals surface area contributed by atoms with E-state index in [2.05, 4.69) is 4.98 Å². The van der Waals surface area contributed by atoms with Crippen LogP contribution < -0.4 is 5.73 Å². The number of rotatable bonds is 3. The summed E-state index contributed by atoms with van der Waals surface area (Å²) in [6.45, 7) is 2.06. The van der Waals surface area contributed by atoms with Crippen molar-refractivity contribution >= 4 is 11.8 Å². The fourth-order valence-electron chi connectivity index (χ4n) is 1.75. The Morgan fingerprint density at radius 2 is 2.00 bits per heavy atom. The van der Waals surface area contributed by atoms with Gasteiger partial charge in [-0.1, -0.05) is 30.3 Å². The lowest BCUT2D eigenvalue weighted by atomic mass is 10.0. The molecule has 0 fully saturated rings. The molecule has 0 atom stereocenters. The Morgan fingerprint density at radius 1 is 1.28 bits per heavy atom. The van der Waals surface area contributed by atoms with Gasteiger partial charge in [0, 0.05) is 11.8 Å². The molecule has 0 saturated carbocycles. The molecule has 18 heavy (non-hydrogen) atoms. The van der Waals surface area contributed by atoms with Crippen LogP contribution in [-0.4, -0.2) is 17.6 Å². The molecule has 1 aromatic heterocycles. The topological polar surface area (TPSA) is 65.2 Å². The number of carbonyl (C=O) groups excluding carboxylic acids is 1. The summed E-state index contributed by atoms with van der Waals surface area (Å²) in [6, 6.07) is 11.3. The maximum absolute atomic E-state index is 11.9. The summed E-state index contributed by atoms with van der Waals surface area (Å²) in [5, 5.41) is 0. The van der Waals surface area contributed by atoms with Gasteiger partial charge in [-0.2, -0.15) is 0 Å². The summed E-state index contributed by atoms with van der Waals surface area (Å²) in [7, 11) is 0. The van der Waals surface area contributed by atoms with Gasteiger partial charge in [-0.3, -0.25) is 0 Å². The van der Waals surface area contributed by atoms with E-state index in [0.29, 0.717) is 12.2 Å². The van der Waals surface area contributed by atoms with Crippen LogP contribution in [0.3, 0.4) is 0 Å². The number of nitrogens with zero attached hydrogens (tertiary/aromatic N) is 1. The van der Waals surface area contributed by atoms with Crippen LogP contribution in [0.15, 0.2) is 42.6 Å². The highest BCUT2D eigenvalue weighted by Crippen LogP contribution is 2.26. The van der Waals surface area contributed by atoms with Gasteiger partial charge in [0.15, 0.2) is 0 Å². The van der Waals surface area contributed by atoms with Crippen LogP contribution in [0, 0.1) is 0 Å². The smallest absolute Gasteiger partial charge is 0.342 e. The van der Waals surface area contributed by atoms with Gasteiger partial charge in [0.2, 0.25) is 0 Å². The molecule has 2 rings (SSSR count). The highest BCUT2D eigenvalue weighted by atomic mass is 16.5. The van der Waals surface area contributed by atoms with Crippen LogP contribution in [0.2, 0.25) is 0 Å². The molecular weight excluding hydrogens is 228 g/mol. The van der Waals surface area contributed by atoms with Gasteiger partial charge >= 0.3 is 5.97 Å². The van der Waals surface area contributed by atoms with E-state index in [4.69, 9.17) is 10.5 Å². The zero-order valence-electron chi connectivity index (χ0n) is 10.1. The molecule has 4 nitrogen and oxygen atoms in total. The van der Waals surface area contributed by atoms with Gasteiger partial charge in [0.1, 0.15) is 11.4 Å². The largest absolute Gasteiger partial charge is 0.462 e. The second kappa shape index (κ2) is 5.31. The highest BCUT2D eigenvalue weighted by molar-refractivity contribution is 6.01.